The van der Waals surface area contributed by atoms with E-state index in [1.807, 2.05) is 25.7 Å². The molecular formula is C42H65N5O8. The number of amides is 2. The minimum absolute atomic E-state index is 0.188. The van der Waals surface area contributed by atoms with Gasteiger partial charge in [-0.05, 0) is 79.2 Å². The van der Waals surface area contributed by atoms with Crippen molar-refractivity contribution in [2.75, 3.05) is 30.3 Å². The Morgan fingerprint density at radius 1 is 1.05 bits per heavy atom. The first kappa shape index (κ1) is 34.3. The fourth-order valence-electron chi connectivity index (χ4n) is 8.95. The Bertz CT molecular complexity index is 2120. The number of fused-ring (bicyclic) bond motifs is 3. The minimum Gasteiger partial charge on any atom is -0.508 e. The van der Waals surface area contributed by atoms with Gasteiger partial charge in [-0.25, -0.2) is 0 Å². The van der Waals surface area contributed by atoms with Gasteiger partial charge in [0.05, 0.1) is 26.5 Å². The Morgan fingerprint density at radius 2 is 1.62 bits per heavy atom. The third-order valence-electron chi connectivity index (χ3n) is 12.8. The average molecular weight is 775 g/mol. The van der Waals surface area contributed by atoms with Gasteiger partial charge in [-0.2, -0.15) is 0 Å². The van der Waals surface area contributed by atoms with E-state index in [4.69, 9.17) is 15.3 Å². The van der Waals surface area contributed by atoms with Crippen LogP contribution in [0, 0.1) is 30.0 Å². The summed E-state index contributed by atoms with van der Waals surface area (Å²) in [5, 5.41) is 53.6. The molecule has 13 heteroatoms. The number of nitrogens with one attached hydrogen (secondary N) is 2. The van der Waals surface area contributed by atoms with E-state index in [2.05, 4.69) is 10.6 Å². The number of carbonyl (C=O) groups excluding carboxylic acids is 4. The summed E-state index contributed by atoms with van der Waals surface area (Å²) in [5.74, 6) is -13.6. The number of nitrogens with two attached hydrogens (primary N) is 1. The Kier molecular flexibility index (Phi) is 9.07. The number of aliphatic hydroxyl groups is 3. The van der Waals surface area contributed by atoms with Crippen molar-refractivity contribution in [1.29, 1.82) is 0 Å². The van der Waals surface area contributed by atoms with Crippen molar-refractivity contribution in [2.24, 2.45) is 28.9 Å². The molecule has 1 fully saturated rings. The molecule has 1 aromatic rings. The lowest BCUT2D eigenvalue weighted by Gasteiger charge is -2.60. The van der Waals surface area contributed by atoms with Gasteiger partial charge < -0.3 is 41.7 Å². The smallest absolute Gasteiger partial charge is 0.255 e. The molecule has 0 aliphatic heterocycles. The fourth-order valence-corrected chi connectivity index (χ4v) is 8.95. The summed E-state index contributed by atoms with van der Waals surface area (Å²) in [5.41, 5.74) is -4.25. The summed E-state index contributed by atoms with van der Waals surface area (Å²) < 4.78 is 60.6. The quantitative estimate of drug-likeness (QED) is 0.111. The number of likely N-dealkylation sites (N-methyl/N-ethyl adjacent to an activating group) is 1. The number of carbonyl (C=O) groups is 4. The summed E-state index contributed by atoms with van der Waals surface area (Å²) in [7, 11) is 1.57. The summed E-state index contributed by atoms with van der Waals surface area (Å²) in [6, 6.07) is -2.00. The van der Waals surface area contributed by atoms with E-state index < -0.39 is 117 Å². The lowest BCUT2D eigenvalue weighted by molar-refractivity contribution is -0.160. The third-order valence-corrected chi connectivity index (χ3v) is 12.8. The molecule has 0 bridgehead atoms. The average Bonchev–Trinajstić information content (AvgIpc) is 3.08. The summed E-state index contributed by atoms with van der Waals surface area (Å²) >= 11 is 0. The van der Waals surface area contributed by atoms with Crippen LogP contribution in [0.25, 0.3) is 5.76 Å². The second-order valence-corrected chi connectivity index (χ2v) is 17.0. The molecule has 55 heavy (non-hydrogen) atoms. The Balaban J connectivity index is 2.14. The molecule has 4 atom stereocenters. The van der Waals surface area contributed by atoms with Gasteiger partial charge in [0.25, 0.3) is 5.91 Å². The topological polar surface area (TPSA) is 206 Å². The molecule has 2 amide bonds. The Hall–Kier alpha value is -3.94. The van der Waals surface area contributed by atoms with Gasteiger partial charge in [0, 0.05) is 64.6 Å². The molecule has 0 saturated heterocycles. The summed E-state index contributed by atoms with van der Waals surface area (Å²) in [6.07, 6.45) is -0.230. The third kappa shape index (κ3) is 6.25. The predicted molar refractivity (Wildman–Crippen MR) is 215 cm³/mol. The first-order valence-corrected chi connectivity index (χ1v) is 18.7. The zero-order valence-corrected chi connectivity index (χ0v) is 34.6. The summed E-state index contributed by atoms with van der Waals surface area (Å²) in [6.45, 7) is 14.3. The molecular weight excluding hydrogens is 702 g/mol. The molecule has 3 aliphatic rings. The highest BCUT2D eigenvalue weighted by molar-refractivity contribution is 6.25. The van der Waals surface area contributed by atoms with E-state index in [9.17, 15) is 34.8 Å². The zero-order chi connectivity index (χ0) is 48.4. The maximum atomic E-state index is 15.1. The van der Waals surface area contributed by atoms with Crippen LogP contribution in [-0.2, 0) is 24.6 Å². The van der Waals surface area contributed by atoms with E-state index in [1.165, 1.54) is 27.7 Å². The van der Waals surface area contributed by atoms with Crippen LogP contribution in [-0.4, -0.2) is 98.1 Å². The molecule has 0 spiro atoms. The van der Waals surface area contributed by atoms with Crippen LogP contribution >= 0.6 is 0 Å². The number of aliphatic hydroxyl groups excluding tert-OH is 2. The molecule has 0 aromatic heterocycles. The van der Waals surface area contributed by atoms with E-state index in [0.29, 0.717) is 17.8 Å². The molecule has 0 radical (unpaired) electrons. The van der Waals surface area contributed by atoms with Crippen molar-refractivity contribution in [2.45, 2.75) is 138 Å². The first-order chi connectivity index (χ1) is 27.7. The second-order valence-electron chi connectivity index (χ2n) is 17.0. The number of aromatic hydroxyl groups is 1. The maximum Gasteiger partial charge on any atom is 0.255 e. The normalized spacial score (nSPS) is 28.0. The SMILES string of the molecule is [2H]C([2H])(NC(C([2H])([2H])[2H])(C([2H])(C)C)C([2H])(C)C)C(=O)Nc1c(C)c(N(CC)C(C)C)c2c(c1O)C(O)=C1C(=O)[C@]3(O)C(O)=C(C(N)=O)C(=O)[C@@H](N(C)C(C)C)[C@@H]3C[C@]1(C)C2(C)C. The van der Waals surface area contributed by atoms with Crippen LogP contribution in [0.2, 0.25) is 0 Å². The number of anilines is 2. The van der Waals surface area contributed by atoms with Gasteiger partial charge in [-0.15, -0.1) is 0 Å². The lowest BCUT2D eigenvalue weighted by atomic mass is 9.45. The van der Waals surface area contributed by atoms with Gasteiger partial charge in [-0.3, -0.25) is 24.1 Å². The zero-order valence-electron chi connectivity index (χ0n) is 41.6. The monoisotopic (exact) mass is 775 g/mol. The highest BCUT2D eigenvalue weighted by atomic mass is 16.3. The number of hydrogen-bond acceptors (Lipinski definition) is 11. The van der Waals surface area contributed by atoms with E-state index in [0.717, 1.165) is 0 Å². The number of Topliss-reactive ketones (excluding diaryl/α,β-unsaturated/α-hetero) is 2. The van der Waals surface area contributed by atoms with Crippen LogP contribution in [0.3, 0.4) is 0 Å². The number of primary amides is 1. The van der Waals surface area contributed by atoms with Crippen molar-refractivity contribution < 1.29 is 49.2 Å². The number of rotatable bonds is 12. The van der Waals surface area contributed by atoms with Gasteiger partial charge in [0.2, 0.25) is 11.7 Å². The number of nitrogens with zero attached hydrogens (tertiary/aromatic N) is 2. The number of ketones is 2. The number of phenols is 1. The van der Waals surface area contributed by atoms with Gasteiger partial charge in [0.1, 0.15) is 17.1 Å². The molecule has 0 unspecified atom stereocenters. The predicted octanol–water partition coefficient (Wildman–Crippen LogP) is 5.01. The molecule has 3 aliphatic carbocycles. The van der Waals surface area contributed by atoms with Crippen LogP contribution in [0.1, 0.15) is 123 Å². The maximum absolute atomic E-state index is 15.1. The first-order valence-electron chi connectivity index (χ1n) is 22.2. The van der Waals surface area contributed by atoms with Crippen LogP contribution in [0.4, 0.5) is 11.4 Å². The molecule has 4 rings (SSSR count). The van der Waals surface area contributed by atoms with E-state index >= 15 is 4.79 Å². The highest BCUT2D eigenvalue weighted by Crippen LogP contribution is 2.66. The second kappa shape index (κ2) is 14.5. The molecule has 1 saturated carbocycles. The van der Waals surface area contributed by atoms with Crippen molar-refractivity contribution >= 4 is 40.5 Å². The van der Waals surface area contributed by atoms with Crippen molar-refractivity contribution in [3.05, 3.63) is 33.6 Å². The number of phenolic OH excluding ortho intramolecular Hbond substituents is 1. The van der Waals surface area contributed by atoms with Crippen molar-refractivity contribution in [3.63, 3.8) is 0 Å². The lowest BCUT2D eigenvalue weighted by Crippen LogP contribution is -2.69. The largest absolute Gasteiger partial charge is 0.508 e. The van der Waals surface area contributed by atoms with Gasteiger partial charge in [0.15, 0.2) is 17.1 Å². The standard InChI is InChI=1S/C42H65N5O8/c1-16-47(22(8)9)31-23(10)30(45-25(48)18-44-41(14,19(2)3)20(4)5)34(50)26-28(31)39(11,12)40(13)17-24-32(46(15)21(6)7)35(51)27(38(43)54)36(52)42(24,55)37(53)29(40)33(26)49/h19-22,24,32,44,49-50,52,55H,16-18H2,1-15H3,(H2,43,54)(H,45,48)/t24-,32-,40-,42+/m0/s1/i14D3,18D2,19D,20D. The van der Waals surface area contributed by atoms with Gasteiger partial charge in [-0.1, -0.05) is 48.5 Å². The number of benzene rings is 1. The van der Waals surface area contributed by atoms with E-state index in [-0.39, 0.29) is 29.6 Å². The number of hydrogen-bond donors (Lipinski definition) is 7. The molecule has 1 aromatic carbocycles. The van der Waals surface area contributed by atoms with Gasteiger partial charge >= 0.3 is 0 Å². The molecule has 0 heterocycles. The Morgan fingerprint density at radius 3 is 2.07 bits per heavy atom. The fraction of sp³-hybridized carbons (Fsp3) is 0.667. The highest BCUT2D eigenvalue weighted by Gasteiger charge is 2.70. The minimum atomic E-state index is -3.33. The molecule has 8 N–H and O–H groups in total. The van der Waals surface area contributed by atoms with E-state index in [1.54, 1.807) is 53.5 Å². The van der Waals surface area contributed by atoms with Crippen molar-refractivity contribution in [3.8, 4) is 5.75 Å². The summed E-state index contributed by atoms with van der Waals surface area (Å²) in [4.78, 5) is 59.7. The van der Waals surface area contributed by atoms with Crippen LogP contribution < -0.4 is 21.3 Å². The van der Waals surface area contributed by atoms with Crippen LogP contribution in [0.5, 0.6) is 5.75 Å². The Labute approximate surface area is 336 Å². The molecule has 13 nitrogen and oxygen atoms in total. The molecule has 306 valence electrons. The van der Waals surface area contributed by atoms with Crippen molar-refractivity contribution in [1.82, 2.24) is 10.2 Å². The van der Waals surface area contributed by atoms with Crippen LogP contribution in [0.15, 0.2) is 16.9 Å².